The smallest absolute Gasteiger partial charge is 0.220 e. The van der Waals surface area contributed by atoms with Crippen LogP contribution in [0.25, 0.3) is 0 Å². The van der Waals surface area contributed by atoms with E-state index in [9.17, 15) is 15.0 Å². The van der Waals surface area contributed by atoms with Gasteiger partial charge in [0.1, 0.15) is 0 Å². The van der Waals surface area contributed by atoms with Crippen LogP contribution in [0.2, 0.25) is 0 Å². The molecule has 426 valence electrons. The van der Waals surface area contributed by atoms with Crippen LogP contribution in [0.1, 0.15) is 406 Å². The van der Waals surface area contributed by atoms with E-state index in [1.54, 1.807) is 0 Å². The van der Waals surface area contributed by atoms with E-state index >= 15 is 0 Å². The highest BCUT2D eigenvalue weighted by Crippen LogP contribution is 2.20. The lowest BCUT2D eigenvalue weighted by Crippen LogP contribution is -2.45. The van der Waals surface area contributed by atoms with E-state index in [0.29, 0.717) is 12.8 Å². The summed E-state index contributed by atoms with van der Waals surface area (Å²) < 4.78 is 0. The van der Waals surface area contributed by atoms with Crippen molar-refractivity contribution in [2.45, 2.75) is 418 Å². The first-order valence-electron chi connectivity index (χ1n) is 33.7. The number of hydrogen-bond donors (Lipinski definition) is 3. The van der Waals surface area contributed by atoms with Crippen LogP contribution in [-0.2, 0) is 4.79 Å². The van der Waals surface area contributed by atoms with Gasteiger partial charge >= 0.3 is 0 Å². The molecule has 0 bridgehead atoms. The molecule has 0 saturated carbocycles. The molecule has 71 heavy (non-hydrogen) atoms. The lowest BCUT2D eigenvalue weighted by molar-refractivity contribution is -0.123. The van der Waals surface area contributed by atoms with E-state index in [-0.39, 0.29) is 12.5 Å². The number of rotatable bonds is 64. The number of aliphatic hydroxyl groups is 2. The fourth-order valence-corrected chi connectivity index (χ4v) is 11.3. The maximum atomic E-state index is 12.5. The first-order valence-corrected chi connectivity index (χ1v) is 33.7. The molecule has 4 heteroatoms. The average molecular weight is 1000 g/mol. The summed E-state index contributed by atoms with van der Waals surface area (Å²) in [5.74, 6) is -0.0198. The highest BCUT2D eigenvalue weighted by Gasteiger charge is 2.20. The van der Waals surface area contributed by atoms with Gasteiger partial charge in [-0.1, -0.05) is 386 Å². The van der Waals surface area contributed by atoms with Gasteiger partial charge < -0.3 is 15.5 Å². The van der Waals surface area contributed by atoms with Gasteiger partial charge in [-0.2, -0.15) is 0 Å². The number of nitrogens with one attached hydrogen (secondary N) is 1. The molecule has 0 aromatic rings. The van der Waals surface area contributed by atoms with E-state index in [4.69, 9.17) is 0 Å². The summed E-state index contributed by atoms with van der Waals surface area (Å²) in [6, 6.07) is -0.532. The van der Waals surface area contributed by atoms with Crippen LogP contribution < -0.4 is 5.32 Å². The van der Waals surface area contributed by atoms with Crippen molar-refractivity contribution in [1.82, 2.24) is 5.32 Å². The Bertz CT molecular complexity index is 956. The van der Waals surface area contributed by atoms with Crippen LogP contribution in [0.5, 0.6) is 0 Å². The molecule has 0 aliphatic heterocycles. The zero-order chi connectivity index (χ0) is 51.3. The van der Waals surface area contributed by atoms with Gasteiger partial charge in [-0.05, 0) is 12.8 Å². The maximum Gasteiger partial charge on any atom is 0.220 e. The molecule has 1 amide bonds. The zero-order valence-electron chi connectivity index (χ0n) is 49.3. The minimum atomic E-state index is -0.656. The van der Waals surface area contributed by atoms with E-state index in [0.717, 1.165) is 25.7 Å². The summed E-state index contributed by atoms with van der Waals surface area (Å²) in [5.41, 5.74) is 0. The van der Waals surface area contributed by atoms with E-state index < -0.39 is 12.1 Å². The van der Waals surface area contributed by atoms with Crippen LogP contribution in [0.15, 0.2) is 0 Å². The van der Waals surface area contributed by atoms with Crippen molar-refractivity contribution in [2.75, 3.05) is 6.61 Å². The Morgan fingerprint density at radius 2 is 0.451 bits per heavy atom. The lowest BCUT2D eigenvalue weighted by atomic mass is 10.0. The van der Waals surface area contributed by atoms with Crippen LogP contribution in [-0.4, -0.2) is 34.9 Å². The Morgan fingerprint density at radius 3 is 0.634 bits per heavy atom. The Morgan fingerprint density at radius 1 is 0.282 bits per heavy atom. The highest BCUT2D eigenvalue weighted by atomic mass is 16.3. The largest absolute Gasteiger partial charge is 0.394 e. The average Bonchev–Trinajstić information content (AvgIpc) is 3.37. The van der Waals surface area contributed by atoms with Crippen molar-refractivity contribution in [3.63, 3.8) is 0 Å². The second-order valence-corrected chi connectivity index (χ2v) is 23.6. The number of carbonyl (C=O) groups excluding carboxylic acids is 1. The number of unbranched alkanes of at least 4 members (excludes halogenated alkanes) is 57. The number of amides is 1. The van der Waals surface area contributed by atoms with Crippen LogP contribution in [0, 0.1) is 0 Å². The minimum absolute atomic E-state index is 0.0198. The molecule has 0 heterocycles. The Kier molecular flexibility index (Phi) is 63.1. The normalized spacial score (nSPS) is 12.6. The van der Waals surface area contributed by atoms with Crippen LogP contribution >= 0.6 is 0 Å². The van der Waals surface area contributed by atoms with Gasteiger partial charge in [0.2, 0.25) is 5.91 Å². The second-order valence-electron chi connectivity index (χ2n) is 23.6. The summed E-state index contributed by atoms with van der Waals surface area (Å²) in [6.07, 6.45) is 83.0. The van der Waals surface area contributed by atoms with E-state index in [2.05, 4.69) is 19.2 Å². The van der Waals surface area contributed by atoms with Gasteiger partial charge in [0.05, 0.1) is 18.8 Å². The van der Waals surface area contributed by atoms with Crippen molar-refractivity contribution in [1.29, 1.82) is 0 Å². The van der Waals surface area contributed by atoms with Crippen molar-refractivity contribution in [3.8, 4) is 0 Å². The molecule has 0 aliphatic rings. The van der Waals surface area contributed by atoms with Gasteiger partial charge in [0.15, 0.2) is 0 Å². The number of aliphatic hydroxyl groups excluding tert-OH is 2. The monoisotopic (exact) mass is 1000 g/mol. The van der Waals surface area contributed by atoms with Crippen LogP contribution in [0.3, 0.4) is 0 Å². The molecule has 2 atom stereocenters. The molecule has 4 nitrogen and oxygen atoms in total. The first-order chi connectivity index (χ1) is 35.2. The summed E-state index contributed by atoms with van der Waals surface area (Å²) in [5, 5.41) is 23.4. The van der Waals surface area contributed by atoms with Gasteiger partial charge in [-0.25, -0.2) is 0 Å². The van der Waals surface area contributed by atoms with Gasteiger partial charge in [0, 0.05) is 6.42 Å². The van der Waals surface area contributed by atoms with Gasteiger partial charge in [-0.15, -0.1) is 0 Å². The molecule has 0 spiro atoms. The molecule has 0 fully saturated rings. The number of hydrogen-bond acceptors (Lipinski definition) is 3. The van der Waals surface area contributed by atoms with Gasteiger partial charge in [-0.3, -0.25) is 4.79 Å². The molecule has 0 saturated heterocycles. The minimum Gasteiger partial charge on any atom is -0.394 e. The molecule has 0 aliphatic carbocycles. The fraction of sp³-hybridized carbons (Fsp3) is 0.985. The standard InChI is InChI=1S/C67H135NO3/c1-3-5-7-9-11-13-15-17-19-21-23-25-27-28-29-30-31-32-33-34-35-36-37-38-39-41-43-45-47-49-51-53-55-57-59-61-63-67(71)68-65(64-69)66(70)62-60-58-56-54-52-50-48-46-44-42-40-26-24-22-20-18-16-14-12-10-8-6-4-2/h65-66,69-70H,3-64H2,1-2H3,(H,68,71). The van der Waals surface area contributed by atoms with E-state index in [1.807, 2.05) is 0 Å². The summed E-state index contributed by atoms with van der Waals surface area (Å²) in [4.78, 5) is 12.5. The predicted octanol–water partition coefficient (Wildman–Crippen LogP) is 22.7. The number of carbonyl (C=O) groups is 1. The third kappa shape index (κ3) is 60.1. The molecular weight excluding hydrogens is 867 g/mol. The van der Waals surface area contributed by atoms with Crippen LogP contribution in [0.4, 0.5) is 0 Å². The fourth-order valence-electron chi connectivity index (χ4n) is 11.3. The highest BCUT2D eigenvalue weighted by molar-refractivity contribution is 5.76. The zero-order valence-corrected chi connectivity index (χ0v) is 49.3. The predicted molar refractivity (Wildman–Crippen MR) is 318 cm³/mol. The molecule has 0 radical (unpaired) electrons. The Balaban J connectivity index is 3.34. The lowest BCUT2D eigenvalue weighted by Gasteiger charge is -2.22. The SMILES string of the molecule is CCCCCCCCCCCCCCCCCCCCCCCCCCCCCCCCCCCCCCC(=O)NC(CO)C(O)CCCCCCCCCCCCCCCCCCCCCCCCC. The Labute approximate surface area is 448 Å². The summed E-state index contributed by atoms with van der Waals surface area (Å²) in [7, 11) is 0. The van der Waals surface area contributed by atoms with Crippen molar-refractivity contribution >= 4 is 5.91 Å². The third-order valence-electron chi connectivity index (χ3n) is 16.4. The van der Waals surface area contributed by atoms with E-state index in [1.165, 1.54) is 353 Å². The molecule has 0 rings (SSSR count). The Hall–Kier alpha value is -0.610. The first kappa shape index (κ1) is 70.4. The molecule has 0 aromatic heterocycles. The molecule has 2 unspecified atom stereocenters. The third-order valence-corrected chi connectivity index (χ3v) is 16.4. The van der Waals surface area contributed by atoms with Crippen molar-refractivity contribution in [3.05, 3.63) is 0 Å². The quantitative estimate of drug-likeness (QED) is 0.0532. The van der Waals surface area contributed by atoms with Crippen molar-refractivity contribution in [2.24, 2.45) is 0 Å². The molecule has 3 N–H and O–H groups in total. The summed E-state index contributed by atoms with van der Waals surface area (Å²) >= 11 is 0. The van der Waals surface area contributed by atoms with Crippen molar-refractivity contribution < 1.29 is 15.0 Å². The maximum absolute atomic E-state index is 12.5. The molecular formula is C67H135NO3. The summed E-state index contributed by atoms with van der Waals surface area (Å²) in [6.45, 7) is 4.42. The second kappa shape index (κ2) is 63.7. The topological polar surface area (TPSA) is 69.6 Å². The van der Waals surface area contributed by atoms with Gasteiger partial charge in [0.25, 0.3) is 0 Å². The molecule has 0 aromatic carbocycles.